The van der Waals surface area contributed by atoms with Gasteiger partial charge in [0.1, 0.15) is 11.4 Å². The lowest BCUT2D eigenvalue weighted by molar-refractivity contribution is -0.120. The van der Waals surface area contributed by atoms with Gasteiger partial charge in [0.05, 0.1) is 18.4 Å². The van der Waals surface area contributed by atoms with Gasteiger partial charge in [0, 0.05) is 37.3 Å². The first-order chi connectivity index (χ1) is 14.0. The molecule has 2 amide bonds. The van der Waals surface area contributed by atoms with Crippen molar-refractivity contribution in [1.29, 1.82) is 0 Å². The van der Waals surface area contributed by atoms with Gasteiger partial charge in [0.25, 0.3) is 11.8 Å². The molecule has 2 aromatic carbocycles. The van der Waals surface area contributed by atoms with Crippen molar-refractivity contribution in [3.05, 3.63) is 64.8 Å². The molecule has 2 aliphatic rings. The summed E-state index contributed by atoms with van der Waals surface area (Å²) in [7, 11) is 3.61. The van der Waals surface area contributed by atoms with E-state index in [1.165, 1.54) is 4.90 Å². The number of nitrogens with zero attached hydrogens (tertiary/aromatic N) is 3. The van der Waals surface area contributed by atoms with Crippen LogP contribution in [0.4, 0.5) is 5.69 Å². The highest BCUT2D eigenvalue weighted by molar-refractivity contribution is 6.45. The Bertz CT molecular complexity index is 979. The van der Waals surface area contributed by atoms with E-state index in [1.54, 1.807) is 55.6 Å². The number of piperazine rings is 1. The molecule has 0 bridgehead atoms. The number of ether oxygens (including phenoxy) is 1. The average molecular weight is 412 g/mol. The lowest BCUT2D eigenvalue weighted by atomic mass is 10.0. The van der Waals surface area contributed by atoms with Crippen molar-refractivity contribution in [2.75, 3.05) is 45.2 Å². The van der Waals surface area contributed by atoms with E-state index in [9.17, 15) is 9.59 Å². The number of rotatable bonds is 4. The molecule has 4 rings (SSSR count). The van der Waals surface area contributed by atoms with Crippen LogP contribution in [0.2, 0.25) is 5.02 Å². The number of carbonyl (C=O) groups is 2. The van der Waals surface area contributed by atoms with E-state index in [4.69, 9.17) is 16.3 Å². The molecule has 1 fully saturated rings. The Balaban J connectivity index is 1.80. The van der Waals surface area contributed by atoms with Crippen LogP contribution in [0.25, 0.3) is 5.57 Å². The monoisotopic (exact) mass is 411 g/mol. The number of benzene rings is 2. The number of hydrogen-bond acceptors (Lipinski definition) is 5. The smallest absolute Gasteiger partial charge is 0.282 e. The van der Waals surface area contributed by atoms with Gasteiger partial charge in [0.2, 0.25) is 0 Å². The van der Waals surface area contributed by atoms with Gasteiger partial charge in [-0.25, -0.2) is 4.90 Å². The maximum atomic E-state index is 13.5. The van der Waals surface area contributed by atoms with Crippen molar-refractivity contribution in [2.45, 2.75) is 0 Å². The molecule has 1 saturated heterocycles. The van der Waals surface area contributed by atoms with Gasteiger partial charge in [-0.2, -0.15) is 0 Å². The number of hydrogen-bond donors (Lipinski definition) is 0. The summed E-state index contributed by atoms with van der Waals surface area (Å²) in [6.45, 7) is 3.04. The first kappa shape index (κ1) is 19.5. The van der Waals surface area contributed by atoms with Gasteiger partial charge in [-0.3, -0.25) is 9.59 Å². The van der Waals surface area contributed by atoms with E-state index < -0.39 is 0 Å². The second-order valence-corrected chi connectivity index (χ2v) is 7.60. The van der Waals surface area contributed by atoms with Crippen LogP contribution in [-0.4, -0.2) is 62.0 Å². The number of imide groups is 1. The molecule has 6 nitrogen and oxygen atoms in total. The Morgan fingerprint density at radius 3 is 2.28 bits per heavy atom. The zero-order valence-corrected chi connectivity index (χ0v) is 17.1. The van der Waals surface area contributed by atoms with E-state index >= 15 is 0 Å². The number of methoxy groups -OCH3 is 1. The predicted molar refractivity (Wildman–Crippen MR) is 113 cm³/mol. The first-order valence-corrected chi connectivity index (χ1v) is 9.84. The van der Waals surface area contributed by atoms with Crippen molar-refractivity contribution in [1.82, 2.24) is 9.80 Å². The maximum Gasteiger partial charge on any atom is 0.282 e. The molecule has 2 aromatic rings. The van der Waals surface area contributed by atoms with Gasteiger partial charge in [-0.15, -0.1) is 0 Å². The second-order valence-electron chi connectivity index (χ2n) is 7.17. The second kappa shape index (κ2) is 7.89. The number of carbonyl (C=O) groups excluding carboxylic acids is 2. The standard InChI is InChI=1S/C22H22ClN3O3/c1-24-10-12-25(13-11-24)20-19(15-6-8-16(23)9-7-15)21(27)26(22(20)28)17-4-3-5-18(14-17)29-2/h3-9,14H,10-13H2,1-2H3. The van der Waals surface area contributed by atoms with Crippen LogP contribution >= 0.6 is 11.6 Å². The minimum absolute atomic E-state index is 0.308. The lowest BCUT2D eigenvalue weighted by Crippen LogP contribution is -2.46. The van der Waals surface area contributed by atoms with Gasteiger partial charge in [0.15, 0.2) is 0 Å². The molecule has 150 valence electrons. The zero-order valence-electron chi connectivity index (χ0n) is 16.4. The highest BCUT2D eigenvalue weighted by atomic mass is 35.5. The summed E-state index contributed by atoms with van der Waals surface area (Å²) in [6.07, 6.45) is 0. The number of anilines is 1. The highest BCUT2D eigenvalue weighted by Gasteiger charge is 2.43. The van der Waals surface area contributed by atoms with Crippen LogP contribution in [0.15, 0.2) is 54.2 Å². The van der Waals surface area contributed by atoms with Crippen molar-refractivity contribution in [2.24, 2.45) is 0 Å². The molecule has 7 heteroatoms. The molecule has 0 N–H and O–H groups in total. The molecule has 0 atom stereocenters. The van der Waals surface area contributed by atoms with Gasteiger partial charge < -0.3 is 14.5 Å². The predicted octanol–water partition coefficient (Wildman–Crippen LogP) is 2.88. The van der Waals surface area contributed by atoms with E-state index in [0.717, 1.165) is 13.1 Å². The summed E-state index contributed by atoms with van der Waals surface area (Å²) < 4.78 is 5.27. The zero-order chi connectivity index (χ0) is 20.5. The Morgan fingerprint density at radius 2 is 1.62 bits per heavy atom. The summed E-state index contributed by atoms with van der Waals surface area (Å²) in [5, 5.41) is 0.580. The van der Waals surface area contributed by atoms with Crippen LogP contribution < -0.4 is 9.64 Å². The van der Waals surface area contributed by atoms with Gasteiger partial charge in [-0.1, -0.05) is 29.8 Å². The lowest BCUT2D eigenvalue weighted by Gasteiger charge is -2.34. The van der Waals surface area contributed by atoms with Crippen LogP contribution in [-0.2, 0) is 9.59 Å². The van der Waals surface area contributed by atoms with Crippen molar-refractivity contribution < 1.29 is 14.3 Å². The van der Waals surface area contributed by atoms with Crippen molar-refractivity contribution >= 4 is 34.7 Å². The van der Waals surface area contributed by atoms with Crippen LogP contribution in [0.5, 0.6) is 5.75 Å². The largest absolute Gasteiger partial charge is 0.497 e. The molecule has 0 saturated carbocycles. The quantitative estimate of drug-likeness (QED) is 0.724. The van der Waals surface area contributed by atoms with E-state index in [-0.39, 0.29) is 11.8 Å². The molecule has 0 spiro atoms. The first-order valence-electron chi connectivity index (χ1n) is 9.46. The molecule has 0 radical (unpaired) electrons. The summed E-state index contributed by atoms with van der Waals surface area (Å²) in [5.74, 6) is -0.0542. The molecule has 2 aliphatic heterocycles. The van der Waals surface area contributed by atoms with E-state index in [1.807, 2.05) is 4.90 Å². The molecule has 0 aromatic heterocycles. The van der Waals surface area contributed by atoms with Crippen LogP contribution in [0, 0.1) is 0 Å². The topological polar surface area (TPSA) is 53.1 Å². The SMILES string of the molecule is COc1cccc(N2C(=O)C(c3ccc(Cl)cc3)=C(N3CCN(C)CC3)C2=O)c1. The Morgan fingerprint density at radius 1 is 0.931 bits per heavy atom. The van der Waals surface area contributed by atoms with Crippen LogP contribution in [0.3, 0.4) is 0 Å². The summed E-state index contributed by atoms with van der Waals surface area (Å²) in [5.41, 5.74) is 2.05. The Kier molecular flexibility index (Phi) is 5.30. The summed E-state index contributed by atoms with van der Waals surface area (Å²) in [4.78, 5) is 32.4. The minimum atomic E-state index is -0.334. The number of halogens is 1. The van der Waals surface area contributed by atoms with E-state index in [2.05, 4.69) is 11.9 Å². The third-order valence-electron chi connectivity index (χ3n) is 5.32. The fourth-order valence-electron chi connectivity index (χ4n) is 3.70. The number of amides is 2. The Labute approximate surface area is 174 Å². The third kappa shape index (κ3) is 3.61. The number of likely N-dealkylation sites (N-methyl/N-ethyl adjacent to an activating group) is 1. The van der Waals surface area contributed by atoms with E-state index in [0.29, 0.717) is 46.4 Å². The molecule has 0 unspecified atom stereocenters. The van der Waals surface area contributed by atoms with Crippen LogP contribution in [0.1, 0.15) is 5.56 Å². The summed E-state index contributed by atoms with van der Waals surface area (Å²) >= 11 is 6.03. The highest BCUT2D eigenvalue weighted by Crippen LogP contribution is 2.36. The summed E-state index contributed by atoms with van der Waals surface area (Å²) in [6, 6.07) is 14.0. The van der Waals surface area contributed by atoms with Crippen molar-refractivity contribution in [3.63, 3.8) is 0 Å². The fourth-order valence-corrected chi connectivity index (χ4v) is 3.83. The molecule has 29 heavy (non-hydrogen) atoms. The molecular weight excluding hydrogens is 390 g/mol. The van der Waals surface area contributed by atoms with Gasteiger partial charge >= 0.3 is 0 Å². The molecule has 2 heterocycles. The average Bonchev–Trinajstić information content (AvgIpc) is 2.99. The van der Waals surface area contributed by atoms with Crippen molar-refractivity contribution in [3.8, 4) is 5.75 Å². The normalized spacial score (nSPS) is 18.0. The fraction of sp³-hybridized carbons (Fsp3) is 0.273. The third-order valence-corrected chi connectivity index (χ3v) is 5.58. The maximum absolute atomic E-state index is 13.5. The molecule has 0 aliphatic carbocycles. The Hall–Kier alpha value is -2.83. The van der Waals surface area contributed by atoms with Gasteiger partial charge in [-0.05, 0) is 36.9 Å². The molecular formula is C22H22ClN3O3. The minimum Gasteiger partial charge on any atom is -0.497 e.